The molecule has 1 aromatic carbocycles. The second kappa shape index (κ2) is 4.16. The molecule has 2 aromatic heterocycles. The first-order valence-electron chi connectivity index (χ1n) is 5.50. The molecule has 3 aromatic rings. The summed E-state index contributed by atoms with van der Waals surface area (Å²) in [6.07, 6.45) is 2.73. The largest absolute Gasteiger partial charge is 0.504 e. The fourth-order valence-corrected chi connectivity index (χ4v) is 1.85. The Morgan fingerprint density at radius 2 is 1.89 bits per heavy atom. The van der Waals surface area contributed by atoms with Gasteiger partial charge in [-0.3, -0.25) is 0 Å². The van der Waals surface area contributed by atoms with E-state index >= 15 is 0 Å². The smallest absolute Gasteiger partial charge is 0.255 e. The lowest BCUT2D eigenvalue weighted by molar-refractivity contribution is 0.419. The number of nitrogen functional groups attached to an aromatic ring is 1. The summed E-state index contributed by atoms with van der Waals surface area (Å²) in [6.45, 7) is 0. The van der Waals surface area contributed by atoms with Crippen molar-refractivity contribution in [3.8, 4) is 16.9 Å². The van der Waals surface area contributed by atoms with Crippen LogP contribution in [0.1, 0.15) is 0 Å². The third-order valence-corrected chi connectivity index (χ3v) is 2.82. The third kappa shape index (κ3) is 1.93. The first kappa shape index (κ1) is 11.3. The standard InChI is InChI=1S/C13H9FN4O/c14-12-11(19)4-8(5-16-12)7-1-2-10-9(3-7)13(15)18-6-17-10/h1-6,19H,(H2,15,17,18). The van der Waals surface area contributed by atoms with E-state index in [-0.39, 0.29) is 0 Å². The van der Waals surface area contributed by atoms with Crippen LogP contribution in [0.15, 0.2) is 36.8 Å². The zero-order valence-electron chi connectivity index (χ0n) is 9.71. The van der Waals surface area contributed by atoms with Gasteiger partial charge in [0.05, 0.1) is 5.52 Å². The van der Waals surface area contributed by atoms with E-state index in [1.807, 2.05) is 0 Å². The van der Waals surface area contributed by atoms with Crippen molar-refractivity contribution < 1.29 is 9.50 Å². The fourth-order valence-electron chi connectivity index (χ4n) is 1.85. The molecule has 0 aliphatic carbocycles. The van der Waals surface area contributed by atoms with Gasteiger partial charge in [0.2, 0.25) is 0 Å². The maximum Gasteiger partial charge on any atom is 0.255 e. The second-order valence-electron chi connectivity index (χ2n) is 4.02. The van der Waals surface area contributed by atoms with Crippen LogP contribution in [0, 0.1) is 5.95 Å². The topological polar surface area (TPSA) is 84.9 Å². The van der Waals surface area contributed by atoms with Crippen LogP contribution in [0.5, 0.6) is 5.75 Å². The Bertz CT molecular complexity index is 776. The lowest BCUT2D eigenvalue weighted by atomic mass is 10.1. The van der Waals surface area contributed by atoms with Crippen LogP contribution < -0.4 is 5.73 Å². The van der Waals surface area contributed by atoms with Crippen LogP contribution in [0.25, 0.3) is 22.0 Å². The Labute approximate surface area is 107 Å². The van der Waals surface area contributed by atoms with Gasteiger partial charge in [0, 0.05) is 17.1 Å². The van der Waals surface area contributed by atoms with E-state index in [1.54, 1.807) is 18.2 Å². The van der Waals surface area contributed by atoms with Crippen LogP contribution in [0.3, 0.4) is 0 Å². The maximum absolute atomic E-state index is 12.9. The van der Waals surface area contributed by atoms with Gasteiger partial charge in [-0.25, -0.2) is 15.0 Å². The number of hydrogen-bond donors (Lipinski definition) is 2. The van der Waals surface area contributed by atoms with Gasteiger partial charge in [0.15, 0.2) is 5.75 Å². The summed E-state index contributed by atoms with van der Waals surface area (Å²) in [4.78, 5) is 11.5. The normalized spacial score (nSPS) is 10.8. The molecule has 19 heavy (non-hydrogen) atoms. The highest BCUT2D eigenvalue weighted by Crippen LogP contribution is 2.27. The molecule has 2 heterocycles. The number of rotatable bonds is 1. The summed E-state index contributed by atoms with van der Waals surface area (Å²) in [5.41, 5.74) is 7.83. The Morgan fingerprint density at radius 3 is 2.68 bits per heavy atom. The number of halogens is 1. The van der Waals surface area contributed by atoms with E-state index in [4.69, 9.17) is 5.73 Å². The van der Waals surface area contributed by atoms with E-state index in [0.29, 0.717) is 16.8 Å². The molecule has 6 heteroatoms. The Kier molecular flexibility index (Phi) is 2.49. The predicted octanol–water partition coefficient (Wildman–Crippen LogP) is 2.12. The van der Waals surface area contributed by atoms with Crippen LogP contribution in [0.2, 0.25) is 0 Å². The average Bonchev–Trinajstić information content (AvgIpc) is 2.42. The summed E-state index contributed by atoms with van der Waals surface area (Å²) >= 11 is 0. The number of aromatic nitrogens is 3. The molecular formula is C13H9FN4O. The molecule has 5 nitrogen and oxygen atoms in total. The zero-order chi connectivity index (χ0) is 13.4. The molecule has 0 aliphatic heterocycles. The molecule has 94 valence electrons. The molecule has 3 N–H and O–H groups in total. The lowest BCUT2D eigenvalue weighted by Crippen LogP contribution is -1.93. The minimum atomic E-state index is -0.896. The Balaban J connectivity index is 2.20. The highest BCUT2D eigenvalue weighted by Gasteiger charge is 2.07. The van der Waals surface area contributed by atoms with Crippen molar-refractivity contribution in [1.29, 1.82) is 0 Å². The van der Waals surface area contributed by atoms with Crippen molar-refractivity contribution in [3.05, 3.63) is 42.7 Å². The first-order valence-corrected chi connectivity index (χ1v) is 5.50. The van der Waals surface area contributed by atoms with Crippen molar-refractivity contribution >= 4 is 16.7 Å². The van der Waals surface area contributed by atoms with Crippen molar-refractivity contribution in [2.45, 2.75) is 0 Å². The van der Waals surface area contributed by atoms with E-state index in [2.05, 4.69) is 15.0 Å². The third-order valence-electron chi connectivity index (χ3n) is 2.82. The minimum absolute atomic E-state index is 0.367. The van der Waals surface area contributed by atoms with Crippen LogP contribution in [-0.2, 0) is 0 Å². The Hall–Kier alpha value is -2.76. The molecule has 0 unspecified atom stereocenters. The van der Waals surface area contributed by atoms with Crippen molar-refractivity contribution in [2.75, 3.05) is 5.73 Å². The molecule has 0 saturated carbocycles. The van der Waals surface area contributed by atoms with E-state index in [0.717, 1.165) is 11.1 Å². The number of anilines is 1. The summed E-state index contributed by atoms with van der Waals surface area (Å²) in [5.74, 6) is -1.02. The van der Waals surface area contributed by atoms with E-state index in [1.165, 1.54) is 18.6 Å². The molecule has 0 spiro atoms. The van der Waals surface area contributed by atoms with Gasteiger partial charge in [-0.1, -0.05) is 6.07 Å². The molecule has 0 bridgehead atoms. The number of benzene rings is 1. The average molecular weight is 256 g/mol. The first-order chi connectivity index (χ1) is 9.15. The number of pyridine rings is 1. The van der Waals surface area contributed by atoms with Gasteiger partial charge in [-0.2, -0.15) is 4.39 Å². The van der Waals surface area contributed by atoms with Gasteiger partial charge in [0.25, 0.3) is 5.95 Å². The molecular weight excluding hydrogens is 247 g/mol. The van der Waals surface area contributed by atoms with Crippen molar-refractivity contribution in [2.24, 2.45) is 0 Å². The number of fused-ring (bicyclic) bond motifs is 1. The fraction of sp³-hybridized carbons (Fsp3) is 0. The number of nitrogens with two attached hydrogens (primary N) is 1. The molecule has 0 aliphatic rings. The number of nitrogens with zero attached hydrogens (tertiary/aromatic N) is 3. The van der Waals surface area contributed by atoms with Gasteiger partial charge in [-0.15, -0.1) is 0 Å². The predicted molar refractivity (Wildman–Crippen MR) is 68.8 cm³/mol. The monoisotopic (exact) mass is 256 g/mol. The number of hydrogen-bond acceptors (Lipinski definition) is 5. The maximum atomic E-state index is 12.9. The highest BCUT2D eigenvalue weighted by molar-refractivity contribution is 5.91. The molecule has 0 amide bonds. The van der Waals surface area contributed by atoms with Gasteiger partial charge < -0.3 is 10.8 Å². The summed E-state index contributed by atoms with van der Waals surface area (Å²) in [5, 5.41) is 10.0. The zero-order valence-corrected chi connectivity index (χ0v) is 9.71. The van der Waals surface area contributed by atoms with E-state index < -0.39 is 11.7 Å². The summed E-state index contributed by atoms with van der Waals surface area (Å²) in [6, 6.07) is 6.66. The van der Waals surface area contributed by atoms with Gasteiger partial charge in [0.1, 0.15) is 12.1 Å². The van der Waals surface area contributed by atoms with E-state index in [9.17, 15) is 9.50 Å². The van der Waals surface area contributed by atoms with Gasteiger partial charge >= 0.3 is 0 Å². The van der Waals surface area contributed by atoms with Gasteiger partial charge in [-0.05, 0) is 23.8 Å². The molecule has 0 radical (unpaired) electrons. The van der Waals surface area contributed by atoms with Crippen LogP contribution in [-0.4, -0.2) is 20.1 Å². The van der Waals surface area contributed by atoms with Crippen molar-refractivity contribution in [3.63, 3.8) is 0 Å². The molecule has 3 rings (SSSR count). The minimum Gasteiger partial charge on any atom is -0.504 e. The van der Waals surface area contributed by atoms with Crippen LogP contribution >= 0.6 is 0 Å². The quantitative estimate of drug-likeness (QED) is 0.651. The summed E-state index contributed by atoms with van der Waals surface area (Å²) in [7, 11) is 0. The molecule has 0 fully saturated rings. The Morgan fingerprint density at radius 1 is 1.05 bits per heavy atom. The highest BCUT2D eigenvalue weighted by atomic mass is 19.1. The van der Waals surface area contributed by atoms with Crippen LogP contribution in [0.4, 0.5) is 10.2 Å². The molecule has 0 atom stereocenters. The molecule has 0 saturated heterocycles. The number of aromatic hydroxyl groups is 1. The second-order valence-corrected chi connectivity index (χ2v) is 4.02. The lowest BCUT2D eigenvalue weighted by Gasteiger charge is -2.05. The SMILES string of the molecule is Nc1ncnc2ccc(-c3cnc(F)c(O)c3)cc12. The van der Waals surface area contributed by atoms with Crippen molar-refractivity contribution in [1.82, 2.24) is 15.0 Å². The summed E-state index contributed by atoms with van der Waals surface area (Å²) < 4.78 is 12.9.